The second-order valence-corrected chi connectivity index (χ2v) is 6.20. The summed E-state index contributed by atoms with van der Waals surface area (Å²) in [7, 11) is 0. The highest BCUT2D eigenvalue weighted by Crippen LogP contribution is 2.18. The van der Waals surface area contributed by atoms with Gasteiger partial charge in [0.15, 0.2) is 5.69 Å². The van der Waals surface area contributed by atoms with Gasteiger partial charge in [0.1, 0.15) is 5.82 Å². The van der Waals surface area contributed by atoms with Crippen molar-refractivity contribution >= 4 is 34.2 Å². The third kappa shape index (κ3) is 3.58. The fraction of sp³-hybridized carbons (Fsp3) is 0.0588. The second kappa shape index (κ2) is 6.49. The summed E-state index contributed by atoms with van der Waals surface area (Å²) in [5.41, 5.74) is 2.87. The molecule has 116 valence electrons. The molecule has 2 aromatic carbocycles. The van der Waals surface area contributed by atoms with Crippen LogP contribution in [0.5, 0.6) is 0 Å². The Hall–Kier alpha value is -2.22. The molecule has 4 nitrogen and oxygen atoms in total. The van der Waals surface area contributed by atoms with Crippen molar-refractivity contribution in [2.45, 2.75) is 6.92 Å². The van der Waals surface area contributed by atoms with Crippen LogP contribution < -0.4 is 5.32 Å². The number of anilines is 1. The number of halogens is 2. The second-order valence-electron chi connectivity index (χ2n) is 5.04. The molecule has 0 atom stereocenters. The predicted octanol–water partition coefficient (Wildman–Crippen LogP) is 4.18. The molecule has 0 saturated carbocycles. The number of rotatable bonds is 3. The Bertz CT molecular complexity index is 859. The van der Waals surface area contributed by atoms with Gasteiger partial charge in [-0.3, -0.25) is 4.79 Å². The number of hydrogen-bond donors (Lipinski definition) is 1. The Morgan fingerprint density at radius 2 is 1.91 bits per heavy atom. The highest BCUT2D eigenvalue weighted by molar-refractivity contribution is 14.1. The third-order valence-electron chi connectivity index (χ3n) is 3.34. The number of carbonyl (C=O) groups excluding carboxylic acids is 1. The molecule has 1 heterocycles. The first-order chi connectivity index (χ1) is 11.0. The van der Waals surface area contributed by atoms with Crippen LogP contribution in [0, 0.1) is 16.3 Å². The molecule has 1 aromatic heterocycles. The fourth-order valence-electron chi connectivity index (χ4n) is 2.05. The van der Waals surface area contributed by atoms with E-state index in [9.17, 15) is 9.18 Å². The lowest BCUT2D eigenvalue weighted by molar-refractivity contribution is 0.102. The maximum Gasteiger partial charge on any atom is 0.276 e. The minimum absolute atomic E-state index is 0.287. The van der Waals surface area contributed by atoms with E-state index >= 15 is 0 Å². The van der Waals surface area contributed by atoms with Crippen LogP contribution in [0.4, 0.5) is 10.1 Å². The quantitative estimate of drug-likeness (QED) is 0.646. The lowest BCUT2D eigenvalue weighted by atomic mass is 10.2. The Balaban J connectivity index is 1.78. The molecule has 0 aliphatic heterocycles. The average Bonchev–Trinajstić information content (AvgIpc) is 3.02. The number of hydrogen-bond acceptors (Lipinski definition) is 2. The molecule has 0 aliphatic carbocycles. The van der Waals surface area contributed by atoms with Gasteiger partial charge in [-0.15, -0.1) is 0 Å². The van der Waals surface area contributed by atoms with Crippen LogP contribution in [0.3, 0.4) is 0 Å². The molecule has 0 unspecified atom stereocenters. The van der Waals surface area contributed by atoms with Gasteiger partial charge in [-0.2, -0.15) is 5.10 Å². The summed E-state index contributed by atoms with van der Waals surface area (Å²) in [6.07, 6.45) is 1.67. The summed E-state index contributed by atoms with van der Waals surface area (Å²) in [4.78, 5) is 12.3. The lowest BCUT2D eigenvalue weighted by Crippen LogP contribution is -2.13. The summed E-state index contributed by atoms with van der Waals surface area (Å²) in [6, 6.07) is 13.2. The summed E-state index contributed by atoms with van der Waals surface area (Å²) in [5.74, 6) is -0.599. The number of aromatic nitrogens is 2. The van der Waals surface area contributed by atoms with Gasteiger partial charge < -0.3 is 5.32 Å². The standard InChI is InChI=1S/C17H13FIN3O/c1-11-2-5-13(10-15(11)19)20-17(23)16-8-9-22(21-16)14-6-3-12(18)4-7-14/h2-10H,1H3,(H,20,23). The van der Waals surface area contributed by atoms with Gasteiger partial charge in [0.25, 0.3) is 5.91 Å². The Kier molecular flexibility index (Phi) is 4.42. The van der Waals surface area contributed by atoms with Crippen molar-refractivity contribution in [3.63, 3.8) is 0 Å². The van der Waals surface area contributed by atoms with Crippen molar-refractivity contribution in [3.8, 4) is 5.69 Å². The van der Waals surface area contributed by atoms with E-state index in [1.165, 1.54) is 16.8 Å². The van der Waals surface area contributed by atoms with E-state index in [0.717, 1.165) is 14.8 Å². The van der Waals surface area contributed by atoms with Crippen LogP contribution in [0.1, 0.15) is 16.1 Å². The third-order valence-corrected chi connectivity index (χ3v) is 4.50. The zero-order valence-electron chi connectivity index (χ0n) is 12.3. The van der Waals surface area contributed by atoms with Crippen LogP contribution in [0.2, 0.25) is 0 Å². The lowest BCUT2D eigenvalue weighted by Gasteiger charge is -2.05. The van der Waals surface area contributed by atoms with Crippen LogP contribution in [-0.4, -0.2) is 15.7 Å². The Morgan fingerprint density at radius 1 is 1.17 bits per heavy atom. The Labute approximate surface area is 146 Å². The van der Waals surface area contributed by atoms with Crippen molar-refractivity contribution < 1.29 is 9.18 Å². The number of benzene rings is 2. The van der Waals surface area contributed by atoms with Gasteiger partial charge in [-0.25, -0.2) is 9.07 Å². The van der Waals surface area contributed by atoms with Gasteiger partial charge >= 0.3 is 0 Å². The van der Waals surface area contributed by atoms with E-state index in [2.05, 4.69) is 33.0 Å². The molecule has 23 heavy (non-hydrogen) atoms. The summed E-state index contributed by atoms with van der Waals surface area (Å²) < 4.78 is 15.6. The van der Waals surface area contributed by atoms with E-state index in [1.54, 1.807) is 24.4 Å². The SMILES string of the molecule is Cc1ccc(NC(=O)c2ccn(-c3ccc(F)cc3)n2)cc1I. The first kappa shape index (κ1) is 15.7. The molecule has 3 rings (SSSR count). The molecular weight excluding hydrogens is 408 g/mol. The van der Waals surface area contributed by atoms with E-state index in [0.29, 0.717) is 11.4 Å². The fourth-order valence-corrected chi connectivity index (χ4v) is 2.56. The van der Waals surface area contributed by atoms with Crippen LogP contribution in [-0.2, 0) is 0 Å². The number of carbonyl (C=O) groups is 1. The summed E-state index contributed by atoms with van der Waals surface area (Å²) >= 11 is 2.22. The van der Waals surface area contributed by atoms with Gasteiger partial charge in [0, 0.05) is 15.5 Å². The maximum atomic E-state index is 12.9. The molecule has 0 radical (unpaired) electrons. The topological polar surface area (TPSA) is 46.9 Å². The molecule has 0 saturated heterocycles. The van der Waals surface area contributed by atoms with Crippen LogP contribution in [0.15, 0.2) is 54.7 Å². The normalized spacial score (nSPS) is 10.6. The van der Waals surface area contributed by atoms with Gasteiger partial charge in [0.2, 0.25) is 0 Å². The molecule has 0 bridgehead atoms. The van der Waals surface area contributed by atoms with Crippen molar-refractivity contribution in [1.82, 2.24) is 9.78 Å². The molecule has 0 fully saturated rings. The average molecular weight is 421 g/mol. The smallest absolute Gasteiger partial charge is 0.276 e. The van der Waals surface area contributed by atoms with Crippen molar-refractivity contribution in [1.29, 1.82) is 0 Å². The van der Waals surface area contributed by atoms with Crippen LogP contribution in [0.25, 0.3) is 5.69 Å². The molecular formula is C17H13FIN3O. The predicted molar refractivity (Wildman–Crippen MR) is 95.4 cm³/mol. The number of amides is 1. The van der Waals surface area contributed by atoms with Crippen molar-refractivity contribution in [3.05, 3.63) is 75.4 Å². The van der Waals surface area contributed by atoms with Crippen molar-refractivity contribution in [2.75, 3.05) is 5.32 Å². The molecule has 0 spiro atoms. The molecule has 0 aliphatic rings. The molecule has 6 heteroatoms. The summed E-state index contributed by atoms with van der Waals surface area (Å²) in [5, 5.41) is 7.05. The van der Waals surface area contributed by atoms with E-state index in [1.807, 2.05) is 25.1 Å². The maximum absolute atomic E-state index is 12.9. The van der Waals surface area contributed by atoms with Gasteiger partial charge in [-0.05, 0) is 77.5 Å². The highest BCUT2D eigenvalue weighted by atomic mass is 127. The van der Waals surface area contributed by atoms with E-state index in [-0.39, 0.29) is 11.7 Å². The first-order valence-electron chi connectivity index (χ1n) is 6.92. The summed E-state index contributed by atoms with van der Waals surface area (Å²) in [6.45, 7) is 2.01. The number of nitrogens with zero attached hydrogens (tertiary/aromatic N) is 2. The Morgan fingerprint density at radius 3 is 2.61 bits per heavy atom. The molecule has 1 amide bonds. The van der Waals surface area contributed by atoms with Gasteiger partial charge in [0.05, 0.1) is 5.69 Å². The number of aryl methyl sites for hydroxylation is 1. The van der Waals surface area contributed by atoms with Crippen molar-refractivity contribution in [2.24, 2.45) is 0 Å². The zero-order chi connectivity index (χ0) is 16.4. The highest BCUT2D eigenvalue weighted by Gasteiger charge is 2.11. The largest absolute Gasteiger partial charge is 0.321 e. The van der Waals surface area contributed by atoms with E-state index < -0.39 is 0 Å². The van der Waals surface area contributed by atoms with E-state index in [4.69, 9.17) is 0 Å². The molecule has 1 N–H and O–H groups in total. The zero-order valence-corrected chi connectivity index (χ0v) is 14.4. The monoisotopic (exact) mass is 421 g/mol. The number of nitrogens with one attached hydrogen (secondary N) is 1. The molecule has 3 aromatic rings. The van der Waals surface area contributed by atoms with Crippen LogP contribution >= 0.6 is 22.6 Å². The minimum Gasteiger partial charge on any atom is -0.321 e. The first-order valence-corrected chi connectivity index (χ1v) is 8.00. The minimum atomic E-state index is -0.312. The van der Waals surface area contributed by atoms with Gasteiger partial charge in [-0.1, -0.05) is 6.07 Å².